The minimum atomic E-state index is -0.209. The number of carbonyl (C=O) groups is 2. The molecule has 0 saturated heterocycles. The van der Waals surface area contributed by atoms with E-state index in [4.69, 9.17) is 4.98 Å². The molecule has 0 aliphatic carbocycles. The number of benzene rings is 2. The van der Waals surface area contributed by atoms with Gasteiger partial charge in [-0.15, -0.1) is 11.3 Å². The van der Waals surface area contributed by atoms with E-state index in [1.54, 1.807) is 40.5 Å². The molecule has 4 aromatic rings. The zero-order valence-corrected chi connectivity index (χ0v) is 18.3. The fourth-order valence-electron chi connectivity index (χ4n) is 3.50. The minimum Gasteiger partial charge on any atom is -0.339 e. The molecule has 1 N–H and O–H groups in total. The van der Waals surface area contributed by atoms with Gasteiger partial charge in [-0.2, -0.15) is 0 Å². The fourth-order valence-corrected chi connectivity index (χ4v) is 4.19. The number of nitrogens with one attached hydrogen (secondary N) is 1. The van der Waals surface area contributed by atoms with E-state index < -0.39 is 0 Å². The second-order valence-electron chi connectivity index (χ2n) is 7.06. The van der Waals surface area contributed by atoms with Crippen molar-refractivity contribution >= 4 is 39.7 Å². The number of fused-ring (bicyclic) bond motifs is 1. The maximum Gasteiger partial charge on any atom is 0.256 e. The van der Waals surface area contributed by atoms with Crippen LogP contribution in [0.4, 0.5) is 5.69 Å². The highest BCUT2D eigenvalue weighted by molar-refractivity contribution is 7.13. The van der Waals surface area contributed by atoms with Crippen LogP contribution in [0.2, 0.25) is 0 Å². The van der Waals surface area contributed by atoms with Gasteiger partial charge in [0.15, 0.2) is 0 Å². The third kappa shape index (κ3) is 4.34. The van der Waals surface area contributed by atoms with Gasteiger partial charge in [0.25, 0.3) is 11.8 Å². The van der Waals surface area contributed by atoms with Gasteiger partial charge in [-0.05, 0) is 61.7 Å². The maximum atomic E-state index is 13.2. The molecule has 0 fully saturated rings. The Morgan fingerprint density at radius 3 is 2.39 bits per heavy atom. The molecule has 2 heterocycles. The van der Waals surface area contributed by atoms with Gasteiger partial charge in [-0.1, -0.05) is 24.3 Å². The maximum absolute atomic E-state index is 13.2. The van der Waals surface area contributed by atoms with Gasteiger partial charge in [0.05, 0.1) is 21.7 Å². The number of amides is 2. The molecule has 5 nitrogen and oxygen atoms in total. The predicted octanol–water partition coefficient (Wildman–Crippen LogP) is 5.70. The Labute approximate surface area is 185 Å². The van der Waals surface area contributed by atoms with E-state index in [1.165, 1.54) is 0 Å². The summed E-state index contributed by atoms with van der Waals surface area (Å²) in [5.74, 6) is -0.220. The highest BCUT2D eigenvalue weighted by atomic mass is 32.1. The average molecular weight is 430 g/mol. The van der Waals surface area contributed by atoms with Crippen molar-refractivity contribution in [3.63, 3.8) is 0 Å². The van der Waals surface area contributed by atoms with Gasteiger partial charge in [0, 0.05) is 29.7 Å². The number of thiophene rings is 1. The third-order valence-corrected chi connectivity index (χ3v) is 6.07. The molecule has 6 heteroatoms. The summed E-state index contributed by atoms with van der Waals surface area (Å²) in [7, 11) is 0. The normalized spacial score (nSPS) is 10.8. The average Bonchev–Trinajstić information content (AvgIpc) is 3.34. The van der Waals surface area contributed by atoms with Gasteiger partial charge in [-0.3, -0.25) is 9.59 Å². The van der Waals surface area contributed by atoms with E-state index in [2.05, 4.69) is 5.32 Å². The van der Waals surface area contributed by atoms with E-state index in [0.717, 1.165) is 21.5 Å². The van der Waals surface area contributed by atoms with Crippen LogP contribution >= 0.6 is 11.3 Å². The van der Waals surface area contributed by atoms with Crippen molar-refractivity contribution in [2.24, 2.45) is 0 Å². The lowest BCUT2D eigenvalue weighted by atomic mass is 10.1. The van der Waals surface area contributed by atoms with E-state index >= 15 is 0 Å². The van der Waals surface area contributed by atoms with E-state index in [1.807, 2.05) is 61.7 Å². The molecule has 156 valence electrons. The second-order valence-corrected chi connectivity index (χ2v) is 8.01. The van der Waals surface area contributed by atoms with Crippen molar-refractivity contribution in [1.29, 1.82) is 0 Å². The first-order valence-electron chi connectivity index (χ1n) is 10.2. The summed E-state index contributed by atoms with van der Waals surface area (Å²) in [5.41, 5.74) is 3.37. The van der Waals surface area contributed by atoms with Crippen molar-refractivity contribution in [2.75, 3.05) is 18.4 Å². The number of para-hydroxylation sites is 1. The van der Waals surface area contributed by atoms with Crippen LogP contribution in [-0.4, -0.2) is 34.8 Å². The standard InChI is InChI=1S/C25H23N3O2S/c1-3-28(4-2)25(30)17-11-13-18(14-12-17)26-24(29)20-16-22(23-10-7-15-31-23)27-21-9-6-5-8-19(20)21/h5-16H,3-4H2,1-2H3,(H,26,29). The van der Waals surface area contributed by atoms with Crippen molar-refractivity contribution in [3.8, 4) is 10.6 Å². The predicted molar refractivity (Wildman–Crippen MR) is 127 cm³/mol. The molecule has 4 rings (SSSR count). The summed E-state index contributed by atoms with van der Waals surface area (Å²) in [4.78, 5) is 33.1. The molecular weight excluding hydrogens is 406 g/mol. The molecule has 0 aliphatic heterocycles. The van der Waals surface area contributed by atoms with E-state index in [9.17, 15) is 9.59 Å². The van der Waals surface area contributed by atoms with Crippen LogP contribution in [0.3, 0.4) is 0 Å². The van der Waals surface area contributed by atoms with Crippen molar-refractivity contribution in [2.45, 2.75) is 13.8 Å². The molecule has 0 atom stereocenters. The molecule has 31 heavy (non-hydrogen) atoms. The van der Waals surface area contributed by atoms with Crippen molar-refractivity contribution in [1.82, 2.24) is 9.88 Å². The van der Waals surface area contributed by atoms with Crippen molar-refractivity contribution in [3.05, 3.63) is 83.2 Å². The number of hydrogen-bond donors (Lipinski definition) is 1. The number of rotatable bonds is 6. The molecule has 0 aliphatic rings. The zero-order valence-electron chi connectivity index (χ0n) is 17.5. The highest BCUT2D eigenvalue weighted by Gasteiger charge is 2.16. The summed E-state index contributed by atoms with van der Waals surface area (Å²) in [6.07, 6.45) is 0. The summed E-state index contributed by atoms with van der Waals surface area (Å²) in [5, 5.41) is 5.75. The van der Waals surface area contributed by atoms with Crippen molar-refractivity contribution < 1.29 is 9.59 Å². The molecule has 2 aromatic heterocycles. The number of hydrogen-bond acceptors (Lipinski definition) is 4. The van der Waals surface area contributed by atoms with Crippen LogP contribution in [0.1, 0.15) is 34.6 Å². The lowest BCUT2D eigenvalue weighted by Crippen LogP contribution is -2.30. The highest BCUT2D eigenvalue weighted by Crippen LogP contribution is 2.28. The number of aromatic nitrogens is 1. The zero-order chi connectivity index (χ0) is 21.8. The first-order valence-corrected chi connectivity index (χ1v) is 11.1. The Hall–Kier alpha value is -3.51. The fraction of sp³-hybridized carbons (Fsp3) is 0.160. The Morgan fingerprint density at radius 2 is 1.71 bits per heavy atom. The van der Waals surface area contributed by atoms with Crippen LogP contribution in [0.15, 0.2) is 72.1 Å². The monoisotopic (exact) mass is 429 g/mol. The van der Waals surface area contributed by atoms with Crippen LogP contribution in [-0.2, 0) is 0 Å². The number of nitrogens with zero attached hydrogens (tertiary/aromatic N) is 2. The molecule has 0 spiro atoms. The lowest BCUT2D eigenvalue weighted by molar-refractivity contribution is 0.0773. The van der Waals surface area contributed by atoms with Crippen LogP contribution in [0, 0.1) is 0 Å². The summed E-state index contributed by atoms with van der Waals surface area (Å²) < 4.78 is 0. The van der Waals surface area contributed by atoms with E-state index in [0.29, 0.717) is 29.9 Å². The first-order chi connectivity index (χ1) is 15.1. The molecule has 0 unspecified atom stereocenters. The minimum absolute atomic E-state index is 0.0106. The number of pyridine rings is 1. The van der Waals surface area contributed by atoms with Crippen LogP contribution in [0.5, 0.6) is 0 Å². The van der Waals surface area contributed by atoms with Gasteiger partial charge < -0.3 is 10.2 Å². The molecule has 0 radical (unpaired) electrons. The van der Waals surface area contributed by atoms with Crippen LogP contribution < -0.4 is 5.32 Å². The number of anilines is 1. The topological polar surface area (TPSA) is 62.3 Å². The Morgan fingerprint density at radius 1 is 0.968 bits per heavy atom. The third-order valence-electron chi connectivity index (χ3n) is 5.17. The van der Waals surface area contributed by atoms with Crippen LogP contribution in [0.25, 0.3) is 21.5 Å². The first kappa shape index (κ1) is 20.8. The molecule has 2 amide bonds. The molecule has 2 aromatic carbocycles. The quantitative estimate of drug-likeness (QED) is 0.428. The smallest absolute Gasteiger partial charge is 0.256 e. The van der Waals surface area contributed by atoms with Gasteiger partial charge in [-0.25, -0.2) is 4.98 Å². The Balaban J connectivity index is 1.62. The van der Waals surface area contributed by atoms with Gasteiger partial charge in [0.1, 0.15) is 0 Å². The van der Waals surface area contributed by atoms with Gasteiger partial charge in [0.2, 0.25) is 0 Å². The summed E-state index contributed by atoms with van der Waals surface area (Å²) in [6.45, 7) is 5.24. The number of carbonyl (C=O) groups excluding carboxylic acids is 2. The SMILES string of the molecule is CCN(CC)C(=O)c1ccc(NC(=O)c2cc(-c3cccs3)nc3ccccc23)cc1. The Kier molecular flexibility index (Phi) is 6.09. The summed E-state index contributed by atoms with van der Waals surface area (Å²) in [6, 6.07) is 20.5. The summed E-state index contributed by atoms with van der Waals surface area (Å²) >= 11 is 1.59. The largest absolute Gasteiger partial charge is 0.339 e. The lowest BCUT2D eigenvalue weighted by Gasteiger charge is -2.18. The second kappa shape index (κ2) is 9.10. The Bertz CT molecular complexity index is 1210. The molecule has 0 saturated carbocycles. The molecule has 0 bridgehead atoms. The van der Waals surface area contributed by atoms with E-state index in [-0.39, 0.29) is 11.8 Å². The molecular formula is C25H23N3O2S. The van der Waals surface area contributed by atoms with Gasteiger partial charge >= 0.3 is 0 Å².